The Balaban J connectivity index is 1.10. The number of fused-ring (bicyclic) bond motifs is 7. The zero-order valence-corrected chi connectivity index (χ0v) is 27.3. The zero-order chi connectivity index (χ0) is 32.3. The van der Waals surface area contributed by atoms with Gasteiger partial charge in [0, 0.05) is 54.1 Å². The van der Waals surface area contributed by atoms with Crippen molar-refractivity contribution in [1.82, 2.24) is 0 Å². The van der Waals surface area contributed by atoms with Crippen LogP contribution in [0.3, 0.4) is 0 Å². The fraction of sp³-hybridized carbons (Fsp3) is 0. The molecule has 0 saturated carbocycles. The Morgan fingerprint density at radius 3 is 1.94 bits per heavy atom. The average molecular weight is 644 g/mol. The Kier molecular flexibility index (Phi) is 6.39. The largest absolute Gasteiger partial charge is 0.456 e. The van der Waals surface area contributed by atoms with E-state index in [4.69, 9.17) is 4.42 Å². The molecule has 0 unspecified atom stereocenters. The number of furan rings is 1. The van der Waals surface area contributed by atoms with Gasteiger partial charge in [0.25, 0.3) is 0 Å². The van der Waals surface area contributed by atoms with Gasteiger partial charge in [-0.2, -0.15) is 0 Å². The van der Waals surface area contributed by atoms with Gasteiger partial charge in [-0.15, -0.1) is 11.3 Å². The molecule has 0 aliphatic rings. The van der Waals surface area contributed by atoms with Crippen molar-refractivity contribution >= 4 is 81.3 Å². The minimum absolute atomic E-state index is 0.877. The maximum atomic E-state index is 6.36. The molecule has 0 amide bonds. The van der Waals surface area contributed by atoms with E-state index in [2.05, 4.69) is 169 Å². The summed E-state index contributed by atoms with van der Waals surface area (Å²) >= 11 is 1.86. The van der Waals surface area contributed by atoms with Crippen molar-refractivity contribution in [1.29, 1.82) is 0 Å². The van der Waals surface area contributed by atoms with Crippen LogP contribution in [0, 0.1) is 0 Å². The van der Waals surface area contributed by atoms with E-state index in [9.17, 15) is 0 Å². The smallest absolute Gasteiger partial charge is 0.137 e. The molecule has 8 aromatic carbocycles. The lowest BCUT2D eigenvalue weighted by molar-refractivity contribution is 0.669. The molecule has 0 bridgehead atoms. The molecule has 0 aliphatic carbocycles. The molecule has 230 valence electrons. The monoisotopic (exact) mass is 643 g/mol. The topological polar surface area (TPSA) is 16.4 Å². The minimum atomic E-state index is 0.877. The first-order valence-electron chi connectivity index (χ1n) is 16.6. The number of thiophene rings is 1. The molecule has 3 heteroatoms. The molecule has 10 rings (SSSR count). The van der Waals surface area contributed by atoms with E-state index < -0.39 is 0 Å². The number of rotatable bonds is 5. The summed E-state index contributed by atoms with van der Waals surface area (Å²) in [5, 5.41) is 7.38. The van der Waals surface area contributed by atoms with Crippen molar-refractivity contribution in [2.75, 3.05) is 4.90 Å². The van der Waals surface area contributed by atoms with Crippen LogP contribution in [0.25, 0.3) is 75.1 Å². The van der Waals surface area contributed by atoms with Crippen LogP contribution in [-0.2, 0) is 0 Å². The number of benzene rings is 8. The molecular weight excluding hydrogens is 615 g/mol. The summed E-state index contributed by atoms with van der Waals surface area (Å²) < 4.78 is 9.00. The predicted molar refractivity (Wildman–Crippen MR) is 210 cm³/mol. The molecule has 2 aromatic heterocycles. The molecule has 2 nitrogen and oxygen atoms in total. The van der Waals surface area contributed by atoms with Gasteiger partial charge < -0.3 is 9.32 Å². The second-order valence-corrected chi connectivity index (χ2v) is 13.6. The third-order valence-electron chi connectivity index (χ3n) is 9.66. The van der Waals surface area contributed by atoms with Crippen LogP contribution in [0.4, 0.5) is 17.1 Å². The van der Waals surface area contributed by atoms with Gasteiger partial charge in [0.15, 0.2) is 0 Å². The zero-order valence-electron chi connectivity index (χ0n) is 26.5. The van der Waals surface area contributed by atoms with E-state index in [1.54, 1.807) is 0 Å². The first-order chi connectivity index (χ1) is 24.3. The molecule has 0 atom stereocenters. The molecule has 0 saturated heterocycles. The second-order valence-electron chi connectivity index (χ2n) is 12.5. The summed E-state index contributed by atoms with van der Waals surface area (Å²) in [4.78, 5) is 2.33. The third-order valence-corrected chi connectivity index (χ3v) is 10.8. The van der Waals surface area contributed by atoms with E-state index in [1.165, 1.54) is 53.2 Å². The van der Waals surface area contributed by atoms with Gasteiger partial charge in [-0.25, -0.2) is 0 Å². The van der Waals surface area contributed by atoms with Gasteiger partial charge in [0.05, 0.1) is 0 Å². The van der Waals surface area contributed by atoms with E-state index >= 15 is 0 Å². The summed E-state index contributed by atoms with van der Waals surface area (Å²) in [5.74, 6) is 0. The summed E-state index contributed by atoms with van der Waals surface area (Å²) in [6.07, 6.45) is 0. The second kappa shape index (κ2) is 11.2. The molecule has 0 fully saturated rings. The van der Waals surface area contributed by atoms with Gasteiger partial charge in [-0.1, -0.05) is 115 Å². The van der Waals surface area contributed by atoms with Crippen molar-refractivity contribution in [3.8, 4) is 22.3 Å². The molecule has 0 radical (unpaired) electrons. The summed E-state index contributed by atoms with van der Waals surface area (Å²) in [6.45, 7) is 0. The van der Waals surface area contributed by atoms with E-state index in [0.29, 0.717) is 0 Å². The summed E-state index contributed by atoms with van der Waals surface area (Å²) in [7, 11) is 0. The molecular formula is C46H29NOS. The number of hydrogen-bond acceptors (Lipinski definition) is 3. The normalized spacial score (nSPS) is 11.7. The molecule has 0 N–H and O–H groups in total. The molecule has 0 spiro atoms. The van der Waals surface area contributed by atoms with Gasteiger partial charge >= 0.3 is 0 Å². The number of para-hydroxylation sites is 1. The van der Waals surface area contributed by atoms with Crippen molar-refractivity contribution in [3.63, 3.8) is 0 Å². The van der Waals surface area contributed by atoms with Crippen molar-refractivity contribution in [3.05, 3.63) is 176 Å². The van der Waals surface area contributed by atoms with Crippen LogP contribution in [0.15, 0.2) is 180 Å². The van der Waals surface area contributed by atoms with Crippen molar-refractivity contribution < 1.29 is 4.42 Å². The van der Waals surface area contributed by atoms with Crippen LogP contribution >= 0.6 is 11.3 Å². The number of hydrogen-bond donors (Lipinski definition) is 0. The van der Waals surface area contributed by atoms with Gasteiger partial charge in [0.1, 0.15) is 11.2 Å². The number of anilines is 3. The average Bonchev–Trinajstić information content (AvgIpc) is 3.73. The first kappa shape index (κ1) is 27.9. The molecule has 0 aliphatic heterocycles. The molecule has 10 aromatic rings. The first-order valence-corrected chi connectivity index (χ1v) is 17.4. The van der Waals surface area contributed by atoms with Gasteiger partial charge in [-0.3, -0.25) is 0 Å². The number of nitrogens with zero attached hydrogens (tertiary/aromatic N) is 1. The SMILES string of the molecule is c1cc(-c2cccc3ccccc23)cc(N(c2ccc(-c3ccc4c(c3)sc3ccccc34)cc2)c2ccc3c(c2)oc2ccccc23)c1. The Hall–Kier alpha value is -6.16. The lowest BCUT2D eigenvalue weighted by Crippen LogP contribution is -2.10. The highest BCUT2D eigenvalue weighted by molar-refractivity contribution is 7.25. The summed E-state index contributed by atoms with van der Waals surface area (Å²) in [6, 6.07) is 63.3. The lowest BCUT2D eigenvalue weighted by Gasteiger charge is -2.26. The maximum Gasteiger partial charge on any atom is 0.137 e. The Morgan fingerprint density at radius 1 is 0.367 bits per heavy atom. The van der Waals surface area contributed by atoms with E-state index in [0.717, 1.165) is 39.0 Å². The highest BCUT2D eigenvalue weighted by atomic mass is 32.1. The van der Waals surface area contributed by atoms with Crippen LogP contribution in [-0.4, -0.2) is 0 Å². The van der Waals surface area contributed by atoms with Crippen molar-refractivity contribution in [2.24, 2.45) is 0 Å². The lowest BCUT2D eigenvalue weighted by atomic mass is 9.97. The van der Waals surface area contributed by atoms with Gasteiger partial charge in [-0.05, 0) is 87.6 Å². The highest BCUT2D eigenvalue weighted by Gasteiger charge is 2.17. The third kappa shape index (κ3) is 4.70. The molecule has 49 heavy (non-hydrogen) atoms. The Bertz CT molecular complexity index is 2840. The standard InChI is InChI=1S/C46H29NOS/c1-2-13-37-31(9-1)10-8-16-38(37)33-11-7-12-35(27-33)47(36-24-26-40-39-14-3-5-17-43(39)48-44(40)29-36)34-22-19-30(20-23-34)32-21-25-42-41-15-4-6-18-45(41)49-46(42)28-32/h1-29H. The van der Waals surface area contributed by atoms with E-state index in [1.807, 2.05) is 23.5 Å². The highest BCUT2D eigenvalue weighted by Crippen LogP contribution is 2.42. The maximum absolute atomic E-state index is 6.36. The van der Waals surface area contributed by atoms with Crippen LogP contribution in [0.5, 0.6) is 0 Å². The minimum Gasteiger partial charge on any atom is -0.456 e. The molecule has 2 heterocycles. The van der Waals surface area contributed by atoms with Crippen molar-refractivity contribution in [2.45, 2.75) is 0 Å². The quantitative estimate of drug-likeness (QED) is 0.186. The van der Waals surface area contributed by atoms with Crippen LogP contribution in [0.1, 0.15) is 0 Å². The fourth-order valence-electron chi connectivity index (χ4n) is 7.30. The predicted octanol–water partition coefficient (Wildman–Crippen LogP) is 13.9. The van der Waals surface area contributed by atoms with E-state index in [-0.39, 0.29) is 0 Å². The summed E-state index contributed by atoms with van der Waals surface area (Å²) in [5.41, 5.74) is 9.80. The Labute approximate surface area is 287 Å². The van der Waals surface area contributed by atoms with Crippen LogP contribution < -0.4 is 4.90 Å². The van der Waals surface area contributed by atoms with Gasteiger partial charge in [0.2, 0.25) is 0 Å². The Morgan fingerprint density at radius 2 is 1.02 bits per heavy atom. The fourth-order valence-corrected chi connectivity index (χ4v) is 8.44. The van der Waals surface area contributed by atoms with Crippen LogP contribution in [0.2, 0.25) is 0 Å².